The average Bonchev–Trinajstić information content (AvgIpc) is 2.98. The van der Waals surface area contributed by atoms with Crippen LogP contribution in [-0.2, 0) is 14.6 Å². The van der Waals surface area contributed by atoms with Crippen molar-refractivity contribution >= 4 is 15.7 Å². The minimum absolute atomic E-state index is 0.0432. The van der Waals surface area contributed by atoms with Crippen LogP contribution in [-0.4, -0.2) is 67.6 Å². The number of amides is 1. The molecule has 7 heteroatoms. The Morgan fingerprint density at radius 3 is 2.50 bits per heavy atom. The lowest BCUT2D eigenvalue weighted by Gasteiger charge is -2.27. The molecular formula is C13H24N2O4S. The standard InChI is InChI=1S/C13H24N2O4S/c16-7-6-15(12-3-1-2-4-12)9-13(17)14-11-5-8-20(18,19)10-11/h11-12,16H,1-10H2,(H,14,17). The van der Waals surface area contributed by atoms with Crippen LogP contribution >= 0.6 is 0 Å². The highest BCUT2D eigenvalue weighted by Gasteiger charge is 2.30. The first-order chi connectivity index (χ1) is 9.50. The Labute approximate surface area is 120 Å². The van der Waals surface area contributed by atoms with Crippen molar-refractivity contribution in [1.82, 2.24) is 10.2 Å². The summed E-state index contributed by atoms with van der Waals surface area (Å²) < 4.78 is 22.7. The molecule has 1 unspecified atom stereocenters. The third kappa shape index (κ3) is 4.43. The van der Waals surface area contributed by atoms with E-state index in [9.17, 15) is 13.2 Å². The van der Waals surface area contributed by atoms with Crippen molar-refractivity contribution in [3.05, 3.63) is 0 Å². The topological polar surface area (TPSA) is 86.7 Å². The normalized spacial score (nSPS) is 26.2. The Morgan fingerprint density at radius 2 is 1.95 bits per heavy atom. The molecule has 2 N–H and O–H groups in total. The molecule has 0 bridgehead atoms. The van der Waals surface area contributed by atoms with Crippen LogP contribution in [0.25, 0.3) is 0 Å². The maximum atomic E-state index is 12.0. The number of hydrogen-bond acceptors (Lipinski definition) is 5. The number of rotatable bonds is 6. The zero-order valence-corrected chi connectivity index (χ0v) is 12.6. The van der Waals surface area contributed by atoms with Crippen molar-refractivity contribution in [3.63, 3.8) is 0 Å². The lowest BCUT2D eigenvalue weighted by atomic mass is 10.2. The average molecular weight is 304 g/mol. The summed E-state index contributed by atoms with van der Waals surface area (Å²) in [5.74, 6) is 0.0933. The van der Waals surface area contributed by atoms with E-state index in [1.54, 1.807) is 0 Å². The van der Waals surface area contributed by atoms with E-state index < -0.39 is 9.84 Å². The summed E-state index contributed by atoms with van der Waals surface area (Å²) in [5.41, 5.74) is 0. The van der Waals surface area contributed by atoms with Crippen molar-refractivity contribution in [3.8, 4) is 0 Å². The molecule has 2 aliphatic rings. The molecule has 1 amide bonds. The minimum atomic E-state index is -2.96. The van der Waals surface area contributed by atoms with Gasteiger partial charge in [0.15, 0.2) is 9.84 Å². The molecule has 1 saturated heterocycles. The second kappa shape index (κ2) is 6.87. The van der Waals surface area contributed by atoms with Gasteiger partial charge < -0.3 is 10.4 Å². The number of sulfone groups is 1. The molecule has 0 aromatic carbocycles. The number of carbonyl (C=O) groups is 1. The summed E-state index contributed by atoms with van der Waals surface area (Å²) in [6.45, 7) is 0.796. The highest BCUT2D eigenvalue weighted by atomic mass is 32.2. The van der Waals surface area contributed by atoms with Gasteiger partial charge in [-0.1, -0.05) is 12.8 Å². The summed E-state index contributed by atoms with van der Waals surface area (Å²) in [6, 6.07) is 0.132. The first-order valence-corrected chi connectivity index (χ1v) is 9.17. The third-order valence-electron chi connectivity index (χ3n) is 4.17. The van der Waals surface area contributed by atoms with Gasteiger partial charge in [0.25, 0.3) is 0 Å². The molecule has 20 heavy (non-hydrogen) atoms. The van der Waals surface area contributed by atoms with Gasteiger partial charge in [-0.15, -0.1) is 0 Å². The van der Waals surface area contributed by atoms with Crippen LogP contribution in [0.1, 0.15) is 32.1 Å². The van der Waals surface area contributed by atoms with Crippen LogP contribution < -0.4 is 5.32 Å². The highest BCUT2D eigenvalue weighted by Crippen LogP contribution is 2.23. The fourth-order valence-corrected chi connectivity index (χ4v) is 4.83. The molecule has 1 heterocycles. The molecule has 2 fully saturated rings. The number of nitrogens with one attached hydrogen (secondary N) is 1. The fourth-order valence-electron chi connectivity index (χ4n) is 3.16. The molecule has 1 atom stereocenters. The molecular weight excluding hydrogens is 280 g/mol. The van der Waals surface area contributed by atoms with Crippen molar-refractivity contribution in [2.75, 3.05) is 31.2 Å². The van der Waals surface area contributed by atoms with Gasteiger partial charge in [-0.3, -0.25) is 9.69 Å². The summed E-state index contributed by atoms with van der Waals surface area (Å²) in [6.07, 6.45) is 5.01. The molecule has 0 spiro atoms. The largest absolute Gasteiger partial charge is 0.395 e. The zero-order valence-electron chi connectivity index (χ0n) is 11.8. The van der Waals surface area contributed by atoms with Crippen LogP contribution in [0.5, 0.6) is 0 Å². The highest BCUT2D eigenvalue weighted by molar-refractivity contribution is 7.91. The Hall–Kier alpha value is -0.660. The van der Waals surface area contributed by atoms with Gasteiger partial charge in [-0.25, -0.2) is 8.42 Å². The molecule has 1 saturated carbocycles. The van der Waals surface area contributed by atoms with Crippen LogP contribution in [0.4, 0.5) is 0 Å². The van der Waals surface area contributed by atoms with E-state index in [1.807, 2.05) is 4.90 Å². The van der Waals surface area contributed by atoms with E-state index in [0.717, 1.165) is 12.8 Å². The van der Waals surface area contributed by atoms with Gasteiger partial charge in [0.2, 0.25) is 5.91 Å². The third-order valence-corrected chi connectivity index (χ3v) is 5.94. The number of carbonyl (C=O) groups excluding carboxylic acids is 1. The summed E-state index contributed by atoms with van der Waals surface area (Å²) in [7, 11) is -2.96. The molecule has 0 radical (unpaired) electrons. The summed E-state index contributed by atoms with van der Waals surface area (Å²) in [4.78, 5) is 14.0. The SMILES string of the molecule is O=C(CN(CCO)C1CCCC1)NC1CCS(=O)(=O)C1. The smallest absolute Gasteiger partial charge is 0.234 e. The Balaban J connectivity index is 1.82. The molecule has 1 aliphatic heterocycles. The molecule has 116 valence electrons. The second-order valence-corrected chi connectivity index (χ2v) is 8.03. The molecule has 0 aromatic heterocycles. The van der Waals surface area contributed by atoms with Gasteiger partial charge in [-0.2, -0.15) is 0 Å². The van der Waals surface area contributed by atoms with Crippen molar-refractivity contribution in [1.29, 1.82) is 0 Å². The fraction of sp³-hybridized carbons (Fsp3) is 0.923. The van der Waals surface area contributed by atoms with E-state index in [4.69, 9.17) is 5.11 Å². The molecule has 6 nitrogen and oxygen atoms in total. The van der Waals surface area contributed by atoms with Crippen molar-refractivity contribution in [2.24, 2.45) is 0 Å². The van der Waals surface area contributed by atoms with Crippen LogP contribution in [0.2, 0.25) is 0 Å². The van der Waals surface area contributed by atoms with Gasteiger partial charge in [0.1, 0.15) is 0 Å². The molecule has 2 rings (SSSR count). The lowest BCUT2D eigenvalue weighted by Crippen LogP contribution is -2.46. The maximum Gasteiger partial charge on any atom is 0.234 e. The quantitative estimate of drug-likeness (QED) is 0.692. The maximum absolute atomic E-state index is 12.0. The first-order valence-electron chi connectivity index (χ1n) is 7.35. The van der Waals surface area contributed by atoms with Crippen molar-refractivity contribution < 1.29 is 18.3 Å². The van der Waals surface area contributed by atoms with Gasteiger partial charge >= 0.3 is 0 Å². The number of hydrogen-bond donors (Lipinski definition) is 2. The van der Waals surface area contributed by atoms with E-state index in [-0.39, 0.29) is 36.6 Å². The van der Waals surface area contributed by atoms with Crippen LogP contribution in [0, 0.1) is 0 Å². The van der Waals surface area contributed by atoms with Gasteiger partial charge in [0, 0.05) is 18.6 Å². The monoisotopic (exact) mass is 304 g/mol. The minimum Gasteiger partial charge on any atom is -0.395 e. The lowest BCUT2D eigenvalue weighted by molar-refractivity contribution is -0.123. The number of aliphatic hydroxyl groups excluding tert-OH is 1. The molecule has 0 aromatic rings. The Bertz CT molecular complexity index is 432. The molecule has 1 aliphatic carbocycles. The van der Waals surface area contributed by atoms with E-state index >= 15 is 0 Å². The first kappa shape index (κ1) is 15.7. The second-order valence-electron chi connectivity index (χ2n) is 5.80. The van der Waals surface area contributed by atoms with Crippen LogP contribution in [0.15, 0.2) is 0 Å². The predicted octanol–water partition coefficient (Wildman–Crippen LogP) is -0.473. The van der Waals surface area contributed by atoms with Crippen LogP contribution in [0.3, 0.4) is 0 Å². The van der Waals surface area contributed by atoms with Gasteiger partial charge in [0.05, 0.1) is 24.7 Å². The van der Waals surface area contributed by atoms with E-state index in [2.05, 4.69) is 5.32 Å². The van der Waals surface area contributed by atoms with Gasteiger partial charge in [-0.05, 0) is 19.3 Å². The Kier molecular flexibility index (Phi) is 5.40. The predicted molar refractivity (Wildman–Crippen MR) is 76.1 cm³/mol. The van der Waals surface area contributed by atoms with E-state index in [0.29, 0.717) is 19.0 Å². The summed E-state index contributed by atoms with van der Waals surface area (Å²) in [5, 5.41) is 11.9. The Morgan fingerprint density at radius 1 is 1.25 bits per heavy atom. The number of aliphatic hydroxyl groups is 1. The van der Waals surface area contributed by atoms with Crippen molar-refractivity contribution in [2.45, 2.75) is 44.2 Å². The van der Waals surface area contributed by atoms with E-state index in [1.165, 1.54) is 12.8 Å². The number of nitrogens with zero attached hydrogens (tertiary/aromatic N) is 1. The summed E-state index contributed by atoms with van der Waals surface area (Å²) >= 11 is 0. The zero-order chi connectivity index (χ0) is 14.6.